The molecule has 27 heavy (non-hydrogen) atoms. The number of hydrogen-bond acceptors (Lipinski definition) is 5. The van der Waals surface area contributed by atoms with Crippen LogP contribution in [0.5, 0.6) is 0 Å². The molecule has 0 fully saturated rings. The molecule has 4 aromatic rings. The molecule has 4 rings (SSSR count). The minimum Gasteiger partial charge on any atom is -0.432 e. The molecule has 1 amide bonds. The number of halogens is 1. The van der Waals surface area contributed by atoms with Crippen LogP contribution in [0.1, 0.15) is 16.4 Å². The lowest BCUT2D eigenvalue weighted by molar-refractivity contribution is 0.0916. The van der Waals surface area contributed by atoms with Crippen molar-refractivity contribution in [3.05, 3.63) is 84.3 Å². The Labute approximate surface area is 153 Å². The smallest absolute Gasteiger partial charge is 0.307 e. The monoisotopic (exact) mass is 363 g/mol. The molecule has 6 nitrogen and oxygen atoms in total. The Morgan fingerprint density at radius 2 is 1.81 bits per heavy atom. The predicted octanol–water partition coefficient (Wildman–Crippen LogP) is 4.07. The number of amides is 1. The van der Waals surface area contributed by atoms with E-state index in [1.807, 2.05) is 30.3 Å². The second kappa shape index (κ2) is 7.25. The third kappa shape index (κ3) is 3.62. The van der Waals surface area contributed by atoms with E-state index in [2.05, 4.69) is 15.5 Å². The van der Waals surface area contributed by atoms with Crippen molar-refractivity contribution < 1.29 is 18.1 Å². The quantitative estimate of drug-likeness (QED) is 0.578. The lowest BCUT2D eigenvalue weighted by Gasteiger charge is -1.99. The van der Waals surface area contributed by atoms with Crippen LogP contribution in [0.15, 0.2) is 75.8 Å². The largest absolute Gasteiger partial charge is 0.432 e. The summed E-state index contributed by atoms with van der Waals surface area (Å²) in [5.41, 5.74) is 1.59. The molecular formula is C20H14FN3O3. The topological polar surface area (TPSA) is 81.2 Å². The molecule has 2 heterocycles. The van der Waals surface area contributed by atoms with Crippen LogP contribution in [0.3, 0.4) is 0 Å². The lowest BCUT2D eigenvalue weighted by Crippen LogP contribution is -2.23. The van der Waals surface area contributed by atoms with Crippen molar-refractivity contribution in [3.8, 4) is 22.6 Å². The molecule has 0 bridgehead atoms. The van der Waals surface area contributed by atoms with Crippen LogP contribution in [-0.4, -0.2) is 16.0 Å². The van der Waals surface area contributed by atoms with Crippen molar-refractivity contribution >= 4 is 5.91 Å². The molecule has 0 unspecified atom stereocenters. The van der Waals surface area contributed by atoms with Gasteiger partial charge in [-0.1, -0.05) is 47.6 Å². The Morgan fingerprint density at radius 1 is 1.04 bits per heavy atom. The number of nitrogens with one attached hydrogen (secondary N) is 1. The number of benzene rings is 2. The summed E-state index contributed by atoms with van der Waals surface area (Å²) in [5, 5.41) is 6.49. The summed E-state index contributed by atoms with van der Waals surface area (Å²) in [7, 11) is 0. The highest BCUT2D eigenvalue weighted by molar-refractivity contribution is 5.89. The first kappa shape index (κ1) is 16.7. The highest BCUT2D eigenvalue weighted by atomic mass is 19.1. The number of aromatic nitrogens is 2. The van der Waals surface area contributed by atoms with Crippen molar-refractivity contribution in [1.29, 1.82) is 0 Å². The van der Waals surface area contributed by atoms with E-state index >= 15 is 0 Å². The van der Waals surface area contributed by atoms with E-state index < -0.39 is 11.7 Å². The summed E-state index contributed by atoms with van der Waals surface area (Å²) in [5.74, 6) is -0.138. The molecule has 0 saturated carbocycles. The zero-order chi connectivity index (χ0) is 18.6. The predicted molar refractivity (Wildman–Crippen MR) is 95.0 cm³/mol. The average molecular weight is 363 g/mol. The third-order valence-corrected chi connectivity index (χ3v) is 3.89. The van der Waals surface area contributed by atoms with Crippen LogP contribution in [0, 0.1) is 5.82 Å². The number of oxazole rings is 1. The van der Waals surface area contributed by atoms with Crippen LogP contribution in [0.2, 0.25) is 0 Å². The summed E-state index contributed by atoms with van der Waals surface area (Å²) in [6.07, 6.45) is 1.50. The highest BCUT2D eigenvalue weighted by Gasteiger charge is 2.16. The van der Waals surface area contributed by atoms with Gasteiger partial charge in [-0.15, -0.1) is 0 Å². The first-order chi connectivity index (χ1) is 13.2. The second-order valence-corrected chi connectivity index (χ2v) is 5.74. The number of carbonyl (C=O) groups excluding carboxylic acids is 1. The maximum absolute atomic E-state index is 13.8. The van der Waals surface area contributed by atoms with Gasteiger partial charge in [0.05, 0.1) is 18.3 Å². The standard InChI is InChI=1S/C20H14FN3O3/c21-16-9-5-4-8-15(16)17-10-14(24-27-17)11-22-19(25)20-23-12-18(26-20)13-6-2-1-3-7-13/h1-10,12H,11H2,(H,22,25). The molecule has 1 N–H and O–H groups in total. The highest BCUT2D eigenvalue weighted by Crippen LogP contribution is 2.23. The van der Waals surface area contributed by atoms with Crippen molar-refractivity contribution in [1.82, 2.24) is 15.5 Å². The molecule has 0 saturated heterocycles. The summed E-state index contributed by atoms with van der Waals surface area (Å²) >= 11 is 0. The van der Waals surface area contributed by atoms with Gasteiger partial charge in [-0.25, -0.2) is 9.37 Å². The summed E-state index contributed by atoms with van der Waals surface area (Å²) in [6, 6.07) is 17.2. The first-order valence-electron chi connectivity index (χ1n) is 8.20. The molecular weight excluding hydrogens is 349 g/mol. The van der Waals surface area contributed by atoms with Gasteiger partial charge >= 0.3 is 5.91 Å². The second-order valence-electron chi connectivity index (χ2n) is 5.74. The molecule has 2 aromatic carbocycles. The molecule has 7 heteroatoms. The van der Waals surface area contributed by atoms with Crippen LogP contribution < -0.4 is 5.32 Å². The van der Waals surface area contributed by atoms with Crippen LogP contribution in [-0.2, 0) is 6.54 Å². The number of hydrogen-bond donors (Lipinski definition) is 1. The summed E-state index contributed by atoms with van der Waals surface area (Å²) in [6.45, 7) is 0.0971. The van der Waals surface area contributed by atoms with Crippen molar-refractivity contribution in [3.63, 3.8) is 0 Å². The average Bonchev–Trinajstić information content (AvgIpc) is 3.37. The Balaban J connectivity index is 1.42. The van der Waals surface area contributed by atoms with Crippen LogP contribution in [0.4, 0.5) is 4.39 Å². The molecule has 0 spiro atoms. The molecule has 0 aliphatic carbocycles. The van der Waals surface area contributed by atoms with Gasteiger partial charge in [0.2, 0.25) is 0 Å². The molecule has 0 aliphatic rings. The first-order valence-corrected chi connectivity index (χ1v) is 8.20. The Kier molecular flexibility index (Phi) is 4.49. The van der Waals surface area contributed by atoms with E-state index in [9.17, 15) is 9.18 Å². The van der Waals surface area contributed by atoms with Crippen molar-refractivity contribution in [2.24, 2.45) is 0 Å². The molecule has 134 valence electrons. The van der Waals surface area contributed by atoms with E-state index in [0.717, 1.165) is 5.56 Å². The van der Waals surface area contributed by atoms with Crippen molar-refractivity contribution in [2.45, 2.75) is 6.54 Å². The van der Waals surface area contributed by atoms with Gasteiger partial charge in [-0.2, -0.15) is 0 Å². The summed E-state index contributed by atoms with van der Waals surface area (Å²) < 4.78 is 24.4. The zero-order valence-electron chi connectivity index (χ0n) is 14.1. The lowest BCUT2D eigenvalue weighted by atomic mass is 10.1. The van der Waals surface area contributed by atoms with Crippen LogP contribution in [0.25, 0.3) is 22.6 Å². The molecule has 0 radical (unpaired) electrons. The van der Waals surface area contributed by atoms with E-state index in [1.54, 1.807) is 24.3 Å². The fraction of sp³-hybridized carbons (Fsp3) is 0.0500. The Bertz CT molecular complexity index is 1070. The third-order valence-electron chi connectivity index (χ3n) is 3.89. The minimum absolute atomic E-state index is 0.0494. The maximum Gasteiger partial charge on any atom is 0.307 e. The normalized spacial score (nSPS) is 10.7. The van der Waals surface area contributed by atoms with Crippen LogP contribution >= 0.6 is 0 Å². The van der Waals surface area contributed by atoms with E-state index in [-0.39, 0.29) is 12.4 Å². The zero-order valence-corrected chi connectivity index (χ0v) is 14.1. The minimum atomic E-state index is -0.479. The van der Waals surface area contributed by atoms with Gasteiger partial charge in [0.15, 0.2) is 11.5 Å². The SMILES string of the molecule is O=C(NCc1cc(-c2ccccc2F)on1)c1ncc(-c2ccccc2)o1. The van der Waals surface area contributed by atoms with Gasteiger partial charge in [0.25, 0.3) is 5.89 Å². The van der Waals surface area contributed by atoms with Gasteiger partial charge in [-0.05, 0) is 12.1 Å². The van der Waals surface area contributed by atoms with E-state index in [0.29, 0.717) is 22.8 Å². The van der Waals surface area contributed by atoms with Gasteiger partial charge in [-0.3, -0.25) is 4.79 Å². The van der Waals surface area contributed by atoms with Gasteiger partial charge < -0.3 is 14.3 Å². The maximum atomic E-state index is 13.8. The van der Waals surface area contributed by atoms with Gasteiger partial charge in [0.1, 0.15) is 11.5 Å². The fourth-order valence-electron chi connectivity index (χ4n) is 2.54. The Hall–Kier alpha value is -3.74. The van der Waals surface area contributed by atoms with E-state index in [4.69, 9.17) is 8.94 Å². The summed E-state index contributed by atoms with van der Waals surface area (Å²) in [4.78, 5) is 16.2. The van der Waals surface area contributed by atoms with Crippen molar-refractivity contribution in [2.75, 3.05) is 0 Å². The number of carbonyl (C=O) groups is 1. The number of rotatable bonds is 5. The molecule has 0 aliphatic heterocycles. The Morgan fingerprint density at radius 3 is 2.63 bits per heavy atom. The fourth-order valence-corrected chi connectivity index (χ4v) is 2.54. The number of nitrogens with zero attached hydrogens (tertiary/aromatic N) is 2. The van der Waals surface area contributed by atoms with Gasteiger partial charge in [0, 0.05) is 11.6 Å². The van der Waals surface area contributed by atoms with E-state index in [1.165, 1.54) is 12.3 Å². The molecule has 0 atom stereocenters. The molecule has 2 aromatic heterocycles.